The Morgan fingerprint density at radius 3 is 2.24 bits per heavy atom. The standard InChI is InChI=1S/C12H19F3O2/c1-11(2,3)10(16)8-5-4-6-9(7-8)17-12(13,14)15/h8-9H,4-7H2,1-3H3. The van der Waals surface area contributed by atoms with Crippen LogP contribution >= 0.6 is 0 Å². The van der Waals surface area contributed by atoms with Crippen molar-refractivity contribution in [2.75, 3.05) is 0 Å². The predicted octanol–water partition coefficient (Wildman–Crippen LogP) is 3.70. The largest absolute Gasteiger partial charge is 0.522 e. The van der Waals surface area contributed by atoms with Crippen molar-refractivity contribution in [3.05, 3.63) is 0 Å². The van der Waals surface area contributed by atoms with Crippen molar-refractivity contribution in [1.29, 1.82) is 0 Å². The van der Waals surface area contributed by atoms with Crippen molar-refractivity contribution < 1.29 is 22.7 Å². The normalized spacial score (nSPS) is 26.9. The van der Waals surface area contributed by atoms with Gasteiger partial charge >= 0.3 is 6.36 Å². The lowest BCUT2D eigenvalue weighted by Crippen LogP contribution is -2.36. The first-order chi connectivity index (χ1) is 7.59. The molecule has 0 aromatic heterocycles. The van der Waals surface area contributed by atoms with Crippen LogP contribution in [0.2, 0.25) is 0 Å². The van der Waals surface area contributed by atoms with Crippen LogP contribution in [0.15, 0.2) is 0 Å². The molecule has 2 nitrogen and oxygen atoms in total. The van der Waals surface area contributed by atoms with E-state index in [-0.39, 0.29) is 18.1 Å². The first-order valence-corrected chi connectivity index (χ1v) is 5.88. The molecule has 2 unspecified atom stereocenters. The molecule has 0 N–H and O–H groups in total. The third kappa shape index (κ3) is 4.66. The lowest BCUT2D eigenvalue weighted by molar-refractivity contribution is -0.346. The number of ether oxygens (including phenoxy) is 1. The van der Waals surface area contributed by atoms with E-state index < -0.39 is 17.9 Å². The molecular formula is C12H19F3O2. The zero-order valence-corrected chi connectivity index (χ0v) is 10.4. The highest BCUT2D eigenvalue weighted by Crippen LogP contribution is 2.34. The zero-order valence-electron chi connectivity index (χ0n) is 10.4. The molecule has 1 aliphatic carbocycles. The lowest BCUT2D eigenvalue weighted by atomic mass is 9.75. The Bertz CT molecular complexity index is 278. The van der Waals surface area contributed by atoms with Gasteiger partial charge in [0.05, 0.1) is 6.10 Å². The van der Waals surface area contributed by atoms with Crippen LogP contribution in [-0.2, 0) is 9.53 Å². The van der Waals surface area contributed by atoms with Crippen LogP contribution in [0.3, 0.4) is 0 Å². The van der Waals surface area contributed by atoms with Gasteiger partial charge in [-0.15, -0.1) is 13.2 Å². The fourth-order valence-electron chi connectivity index (χ4n) is 2.29. The summed E-state index contributed by atoms with van der Waals surface area (Å²) in [6.07, 6.45) is -3.60. The molecule has 2 atom stereocenters. The van der Waals surface area contributed by atoms with E-state index in [0.29, 0.717) is 19.3 Å². The van der Waals surface area contributed by atoms with Crippen molar-refractivity contribution in [3.8, 4) is 0 Å². The van der Waals surface area contributed by atoms with Crippen molar-refractivity contribution in [1.82, 2.24) is 0 Å². The Hall–Kier alpha value is -0.580. The second-order valence-corrected chi connectivity index (χ2v) is 5.66. The second kappa shape index (κ2) is 4.96. The molecule has 0 aliphatic heterocycles. The third-order valence-electron chi connectivity index (χ3n) is 3.04. The highest BCUT2D eigenvalue weighted by molar-refractivity contribution is 5.86. The van der Waals surface area contributed by atoms with Gasteiger partial charge in [-0.05, 0) is 19.3 Å². The summed E-state index contributed by atoms with van der Waals surface area (Å²) >= 11 is 0. The molecule has 0 aromatic carbocycles. The summed E-state index contributed by atoms with van der Waals surface area (Å²) in [4.78, 5) is 12.0. The maximum Gasteiger partial charge on any atom is 0.522 e. The zero-order chi connectivity index (χ0) is 13.3. The number of rotatable bonds is 2. The summed E-state index contributed by atoms with van der Waals surface area (Å²) in [6, 6.07) is 0. The summed E-state index contributed by atoms with van der Waals surface area (Å²) in [6.45, 7) is 5.39. The van der Waals surface area contributed by atoms with Gasteiger partial charge in [0.25, 0.3) is 0 Å². The van der Waals surface area contributed by atoms with E-state index in [2.05, 4.69) is 4.74 Å². The van der Waals surface area contributed by atoms with Gasteiger partial charge in [0, 0.05) is 11.3 Å². The maximum atomic E-state index is 12.1. The Kier molecular flexibility index (Phi) is 4.23. The van der Waals surface area contributed by atoms with Gasteiger partial charge in [0.1, 0.15) is 5.78 Å². The van der Waals surface area contributed by atoms with Gasteiger partial charge in [-0.25, -0.2) is 0 Å². The van der Waals surface area contributed by atoms with Crippen molar-refractivity contribution in [3.63, 3.8) is 0 Å². The lowest BCUT2D eigenvalue weighted by Gasteiger charge is -2.32. The van der Waals surface area contributed by atoms with Crippen molar-refractivity contribution in [2.45, 2.75) is 58.9 Å². The minimum absolute atomic E-state index is 0.0352. The Morgan fingerprint density at radius 1 is 1.18 bits per heavy atom. The summed E-state index contributed by atoms with van der Waals surface area (Å²) in [5.41, 5.74) is -0.495. The summed E-state index contributed by atoms with van der Waals surface area (Å²) in [7, 11) is 0. The van der Waals surface area contributed by atoms with Crippen LogP contribution in [0, 0.1) is 11.3 Å². The van der Waals surface area contributed by atoms with Gasteiger partial charge < -0.3 is 0 Å². The number of hydrogen-bond acceptors (Lipinski definition) is 2. The number of Topliss-reactive ketones (excluding diaryl/α,β-unsaturated/α-hetero) is 1. The fourth-order valence-corrected chi connectivity index (χ4v) is 2.29. The molecule has 1 fully saturated rings. The molecule has 1 rings (SSSR count). The third-order valence-corrected chi connectivity index (χ3v) is 3.04. The van der Waals surface area contributed by atoms with Gasteiger partial charge in [0.2, 0.25) is 0 Å². The number of carbonyl (C=O) groups excluding carboxylic acids is 1. The van der Waals surface area contributed by atoms with E-state index in [9.17, 15) is 18.0 Å². The molecule has 0 heterocycles. The average Bonchev–Trinajstić information content (AvgIpc) is 2.12. The molecule has 0 saturated heterocycles. The first kappa shape index (κ1) is 14.5. The number of ketones is 1. The highest BCUT2D eigenvalue weighted by Gasteiger charge is 2.39. The minimum Gasteiger partial charge on any atom is -0.299 e. The van der Waals surface area contributed by atoms with Gasteiger partial charge in [0.15, 0.2) is 0 Å². The van der Waals surface area contributed by atoms with Crippen LogP contribution in [0.25, 0.3) is 0 Å². The molecule has 0 aromatic rings. The SMILES string of the molecule is CC(C)(C)C(=O)C1CCCC(OC(F)(F)F)C1. The molecular weight excluding hydrogens is 233 g/mol. The molecule has 0 spiro atoms. The summed E-state index contributed by atoms with van der Waals surface area (Å²) in [5.74, 6) is -0.260. The Balaban J connectivity index is 2.58. The molecule has 1 aliphatic rings. The second-order valence-electron chi connectivity index (χ2n) is 5.66. The van der Waals surface area contributed by atoms with E-state index in [4.69, 9.17) is 0 Å². The van der Waals surface area contributed by atoms with Gasteiger partial charge in [-0.1, -0.05) is 27.2 Å². The molecule has 100 valence electrons. The fraction of sp³-hybridized carbons (Fsp3) is 0.917. The Morgan fingerprint density at radius 2 is 1.76 bits per heavy atom. The topological polar surface area (TPSA) is 26.3 Å². The number of alkyl halides is 3. The quantitative estimate of drug-likeness (QED) is 0.749. The van der Waals surface area contributed by atoms with Crippen molar-refractivity contribution >= 4 is 5.78 Å². The van der Waals surface area contributed by atoms with E-state index in [0.717, 1.165) is 0 Å². The van der Waals surface area contributed by atoms with Crippen LogP contribution < -0.4 is 0 Å². The number of carbonyl (C=O) groups is 1. The van der Waals surface area contributed by atoms with E-state index in [1.165, 1.54) is 0 Å². The van der Waals surface area contributed by atoms with Gasteiger partial charge in [-0.3, -0.25) is 9.53 Å². The summed E-state index contributed by atoms with van der Waals surface area (Å²) in [5, 5.41) is 0. The first-order valence-electron chi connectivity index (χ1n) is 5.88. The summed E-state index contributed by atoms with van der Waals surface area (Å²) < 4.78 is 40.3. The smallest absolute Gasteiger partial charge is 0.299 e. The molecule has 5 heteroatoms. The van der Waals surface area contributed by atoms with E-state index in [1.54, 1.807) is 20.8 Å². The average molecular weight is 252 g/mol. The van der Waals surface area contributed by atoms with E-state index >= 15 is 0 Å². The predicted molar refractivity (Wildman–Crippen MR) is 57.3 cm³/mol. The highest BCUT2D eigenvalue weighted by atomic mass is 19.4. The van der Waals surface area contributed by atoms with Crippen LogP contribution in [-0.4, -0.2) is 18.2 Å². The Labute approximate surface area is 99.5 Å². The molecule has 0 bridgehead atoms. The molecule has 17 heavy (non-hydrogen) atoms. The minimum atomic E-state index is -4.60. The van der Waals surface area contributed by atoms with Crippen LogP contribution in [0.4, 0.5) is 13.2 Å². The van der Waals surface area contributed by atoms with Crippen LogP contribution in [0.5, 0.6) is 0 Å². The number of hydrogen-bond donors (Lipinski definition) is 0. The van der Waals surface area contributed by atoms with Crippen molar-refractivity contribution in [2.24, 2.45) is 11.3 Å². The van der Waals surface area contributed by atoms with Gasteiger partial charge in [-0.2, -0.15) is 0 Å². The number of halogens is 3. The molecule has 0 amide bonds. The molecule has 0 radical (unpaired) electrons. The maximum absolute atomic E-state index is 12.1. The molecule has 1 saturated carbocycles. The van der Waals surface area contributed by atoms with Crippen LogP contribution in [0.1, 0.15) is 46.5 Å². The van der Waals surface area contributed by atoms with E-state index in [1.807, 2.05) is 0 Å². The monoisotopic (exact) mass is 252 g/mol.